The zero-order valence-corrected chi connectivity index (χ0v) is 20.9. The number of hydrogen-bond donors (Lipinski definition) is 0. The van der Waals surface area contributed by atoms with Crippen LogP contribution in [0.4, 0.5) is 26.3 Å². The van der Waals surface area contributed by atoms with Gasteiger partial charge in [0.25, 0.3) is 6.08 Å². The van der Waals surface area contributed by atoms with E-state index in [1.54, 1.807) is 0 Å². The number of unbranched alkanes of at least 4 members (excludes halogenated alkanes) is 1. The lowest BCUT2D eigenvalue weighted by atomic mass is 9.73. The van der Waals surface area contributed by atoms with Crippen LogP contribution in [0.25, 0.3) is 11.1 Å². The first-order valence-corrected chi connectivity index (χ1v) is 13.1. The van der Waals surface area contributed by atoms with Gasteiger partial charge in [-0.05, 0) is 92.9 Å². The maximum Gasteiger partial charge on any atom is 0.266 e. The highest BCUT2D eigenvalue weighted by Gasteiger charge is 2.29. The second-order valence-corrected chi connectivity index (χ2v) is 10.1. The van der Waals surface area contributed by atoms with Crippen molar-refractivity contribution in [1.29, 1.82) is 0 Å². The predicted molar refractivity (Wildman–Crippen MR) is 133 cm³/mol. The van der Waals surface area contributed by atoms with E-state index in [0.717, 1.165) is 44.6 Å². The quantitative estimate of drug-likeness (QED) is 0.190. The minimum atomic E-state index is -1.62. The van der Waals surface area contributed by atoms with Crippen LogP contribution in [0.3, 0.4) is 0 Å². The molecular weight excluding hydrogens is 490 g/mol. The highest BCUT2D eigenvalue weighted by atomic mass is 19.3. The molecule has 0 saturated heterocycles. The second kappa shape index (κ2) is 12.2. The highest BCUT2D eigenvalue weighted by Crippen LogP contribution is 2.42. The average Bonchev–Trinajstić information content (AvgIpc) is 2.89. The van der Waals surface area contributed by atoms with Gasteiger partial charge < -0.3 is 4.74 Å². The van der Waals surface area contributed by atoms with E-state index in [-0.39, 0.29) is 40.9 Å². The summed E-state index contributed by atoms with van der Waals surface area (Å²) in [5.74, 6) is -4.92. The Morgan fingerprint density at radius 3 is 2.14 bits per heavy atom. The topological polar surface area (TPSA) is 9.23 Å². The summed E-state index contributed by atoms with van der Waals surface area (Å²) in [6.07, 6.45) is 8.15. The first kappa shape index (κ1) is 27.3. The van der Waals surface area contributed by atoms with E-state index >= 15 is 8.78 Å². The Labute approximate surface area is 214 Å². The van der Waals surface area contributed by atoms with E-state index in [0.29, 0.717) is 25.2 Å². The normalized spacial score (nSPS) is 21.9. The molecule has 200 valence electrons. The molecule has 1 fully saturated rings. The van der Waals surface area contributed by atoms with Gasteiger partial charge in [0.1, 0.15) is 0 Å². The number of allylic oxidation sites excluding steroid dienone is 3. The van der Waals surface area contributed by atoms with Crippen molar-refractivity contribution < 1.29 is 31.1 Å². The number of benzene rings is 2. The van der Waals surface area contributed by atoms with Crippen LogP contribution in [0.15, 0.2) is 48.1 Å². The Kier molecular flexibility index (Phi) is 9.04. The Morgan fingerprint density at radius 2 is 1.51 bits per heavy atom. The summed E-state index contributed by atoms with van der Waals surface area (Å²) < 4.78 is 89.7. The van der Waals surface area contributed by atoms with E-state index in [4.69, 9.17) is 4.74 Å². The van der Waals surface area contributed by atoms with Gasteiger partial charge in [-0.25, -0.2) is 13.2 Å². The van der Waals surface area contributed by atoms with Gasteiger partial charge in [0, 0.05) is 11.1 Å². The van der Waals surface area contributed by atoms with Gasteiger partial charge in [-0.2, -0.15) is 13.2 Å². The summed E-state index contributed by atoms with van der Waals surface area (Å²) in [6.45, 7) is 2.18. The Hall–Kier alpha value is -2.70. The molecule has 0 amide bonds. The van der Waals surface area contributed by atoms with E-state index < -0.39 is 29.3 Å². The molecule has 2 aromatic carbocycles. The van der Waals surface area contributed by atoms with Crippen LogP contribution in [0.5, 0.6) is 5.75 Å². The molecule has 1 atom stereocenters. The first-order valence-electron chi connectivity index (χ1n) is 13.1. The van der Waals surface area contributed by atoms with Crippen LogP contribution >= 0.6 is 0 Å². The standard InChI is InChI=1S/C30H32F6O/c1-2-3-16-37-25-15-14-24(29(35)30(25)36)23-13-12-22(27(33)28(23)34)21-10-8-20(9-11-21)19-6-4-18(5-7-19)17-26(31)32/h8,12-15,17-19,21H,2-7,9-11,16H2,1H3. The average molecular weight is 523 g/mol. The van der Waals surface area contributed by atoms with Gasteiger partial charge >= 0.3 is 0 Å². The van der Waals surface area contributed by atoms with Crippen molar-refractivity contribution in [3.05, 3.63) is 76.9 Å². The van der Waals surface area contributed by atoms with Gasteiger partial charge in [0.15, 0.2) is 23.2 Å². The van der Waals surface area contributed by atoms with Crippen LogP contribution in [-0.2, 0) is 0 Å². The van der Waals surface area contributed by atoms with Crippen molar-refractivity contribution in [3.8, 4) is 16.9 Å². The van der Waals surface area contributed by atoms with Gasteiger partial charge in [-0.1, -0.05) is 37.1 Å². The highest BCUT2D eigenvalue weighted by molar-refractivity contribution is 5.67. The summed E-state index contributed by atoms with van der Waals surface area (Å²) in [5, 5.41) is 0. The smallest absolute Gasteiger partial charge is 0.266 e. The van der Waals surface area contributed by atoms with Crippen LogP contribution in [-0.4, -0.2) is 6.61 Å². The zero-order valence-electron chi connectivity index (χ0n) is 20.9. The fourth-order valence-electron chi connectivity index (χ4n) is 5.61. The van der Waals surface area contributed by atoms with Crippen molar-refractivity contribution in [2.45, 2.75) is 70.6 Å². The van der Waals surface area contributed by atoms with Crippen molar-refractivity contribution in [2.75, 3.05) is 6.61 Å². The van der Waals surface area contributed by atoms with Crippen LogP contribution in [0, 0.1) is 35.1 Å². The Morgan fingerprint density at radius 1 is 0.838 bits per heavy atom. The van der Waals surface area contributed by atoms with Gasteiger partial charge in [-0.3, -0.25) is 0 Å². The molecule has 1 saturated carbocycles. The van der Waals surface area contributed by atoms with E-state index in [1.807, 2.05) is 6.92 Å². The molecule has 0 aliphatic heterocycles. The van der Waals surface area contributed by atoms with E-state index in [2.05, 4.69) is 6.08 Å². The van der Waals surface area contributed by atoms with Crippen molar-refractivity contribution in [1.82, 2.24) is 0 Å². The van der Waals surface area contributed by atoms with Crippen molar-refractivity contribution in [3.63, 3.8) is 0 Å². The SMILES string of the molecule is CCCCOc1ccc(-c2ccc(C3CC=C(C4CCC(C=C(F)F)CC4)CC3)c(F)c2F)c(F)c1F. The molecule has 1 unspecified atom stereocenters. The molecular formula is C30H32F6O. The molecule has 37 heavy (non-hydrogen) atoms. The monoisotopic (exact) mass is 522 g/mol. The molecule has 4 rings (SSSR count). The second-order valence-electron chi connectivity index (χ2n) is 10.1. The molecule has 7 heteroatoms. The fraction of sp³-hybridized carbons (Fsp3) is 0.467. The van der Waals surface area contributed by atoms with E-state index in [9.17, 15) is 17.6 Å². The fourth-order valence-corrected chi connectivity index (χ4v) is 5.61. The molecule has 0 N–H and O–H groups in total. The number of halogens is 6. The summed E-state index contributed by atoms with van der Waals surface area (Å²) in [6, 6.07) is 5.21. The third-order valence-corrected chi connectivity index (χ3v) is 7.75. The lowest BCUT2D eigenvalue weighted by Crippen LogP contribution is -2.18. The lowest BCUT2D eigenvalue weighted by molar-refractivity contribution is 0.289. The van der Waals surface area contributed by atoms with Gasteiger partial charge in [0.05, 0.1) is 6.61 Å². The molecule has 1 nitrogen and oxygen atoms in total. The summed E-state index contributed by atoms with van der Waals surface area (Å²) in [4.78, 5) is 0. The number of ether oxygens (including phenoxy) is 1. The third-order valence-electron chi connectivity index (χ3n) is 7.75. The number of hydrogen-bond acceptors (Lipinski definition) is 1. The maximum atomic E-state index is 15.1. The van der Waals surface area contributed by atoms with E-state index in [1.165, 1.54) is 29.8 Å². The molecule has 0 aromatic heterocycles. The summed E-state index contributed by atoms with van der Waals surface area (Å²) in [7, 11) is 0. The lowest BCUT2D eigenvalue weighted by Gasteiger charge is -2.32. The van der Waals surface area contributed by atoms with Crippen molar-refractivity contribution in [2.24, 2.45) is 11.8 Å². The molecule has 0 heterocycles. The number of rotatable bonds is 8. The molecule has 0 bridgehead atoms. The summed E-state index contributed by atoms with van der Waals surface area (Å²) in [5.41, 5.74) is 0.812. The van der Waals surface area contributed by atoms with Crippen LogP contribution < -0.4 is 4.74 Å². The predicted octanol–water partition coefficient (Wildman–Crippen LogP) is 9.87. The van der Waals surface area contributed by atoms with Crippen LogP contribution in [0.2, 0.25) is 0 Å². The minimum absolute atomic E-state index is 0.0723. The zero-order chi connectivity index (χ0) is 26.5. The maximum absolute atomic E-state index is 15.1. The third kappa shape index (κ3) is 6.24. The van der Waals surface area contributed by atoms with Crippen molar-refractivity contribution >= 4 is 0 Å². The molecule has 2 aliphatic rings. The minimum Gasteiger partial charge on any atom is -0.490 e. The van der Waals surface area contributed by atoms with Gasteiger partial charge in [-0.15, -0.1) is 0 Å². The molecule has 0 radical (unpaired) electrons. The summed E-state index contributed by atoms with van der Waals surface area (Å²) >= 11 is 0. The molecule has 2 aliphatic carbocycles. The molecule has 0 spiro atoms. The molecule has 2 aromatic rings. The Balaban J connectivity index is 1.46. The largest absolute Gasteiger partial charge is 0.490 e. The van der Waals surface area contributed by atoms with Crippen LogP contribution in [0.1, 0.15) is 76.2 Å². The van der Waals surface area contributed by atoms with Gasteiger partial charge in [0.2, 0.25) is 5.82 Å². The Bertz CT molecular complexity index is 1160. The first-order chi connectivity index (χ1) is 17.8.